The Kier molecular flexibility index (Phi) is 4.87. The van der Waals surface area contributed by atoms with Crippen LogP contribution < -0.4 is 10.2 Å². The molecule has 0 spiro atoms. The molecule has 1 aromatic carbocycles. The molecule has 0 aromatic heterocycles. The molecule has 1 amide bonds. The van der Waals surface area contributed by atoms with Crippen LogP contribution in [0.4, 0.5) is 11.4 Å². The van der Waals surface area contributed by atoms with Crippen molar-refractivity contribution >= 4 is 27.3 Å². The van der Waals surface area contributed by atoms with E-state index in [9.17, 15) is 13.2 Å². The molecule has 7 heteroatoms. The number of hydrogen-bond donors (Lipinski definition) is 1. The molecule has 2 saturated heterocycles. The molecule has 0 bridgehead atoms. The van der Waals surface area contributed by atoms with Gasteiger partial charge in [0.25, 0.3) is 0 Å². The molecule has 2 aliphatic rings. The first-order valence-electron chi connectivity index (χ1n) is 8.17. The third-order valence-electron chi connectivity index (χ3n) is 4.40. The zero-order valence-corrected chi connectivity index (χ0v) is 14.0. The normalized spacial score (nSPS) is 21.3. The topological polar surface area (TPSA) is 69.7 Å². The molecule has 0 saturated carbocycles. The number of amides is 1. The number of nitrogens with zero attached hydrogens (tertiary/aromatic N) is 2. The van der Waals surface area contributed by atoms with Gasteiger partial charge in [0.05, 0.1) is 12.3 Å². The van der Waals surface area contributed by atoms with Gasteiger partial charge in [-0.25, -0.2) is 8.42 Å². The van der Waals surface area contributed by atoms with Crippen LogP contribution in [0.5, 0.6) is 0 Å². The number of rotatable bonds is 4. The Morgan fingerprint density at radius 1 is 1.00 bits per heavy atom. The minimum absolute atomic E-state index is 0.101. The maximum absolute atomic E-state index is 12.1. The lowest BCUT2D eigenvalue weighted by Crippen LogP contribution is -2.42. The SMILES string of the molecule is O=C(CN1CCCCS1(=O)=O)Nc1ccc(N2CCCC2)cc1. The minimum Gasteiger partial charge on any atom is -0.372 e. The Morgan fingerprint density at radius 3 is 2.30 bits per heavy atom. The van der Waals surface area contributed by atoms with Crippen molar-refractivity contribution in [3.05, 3.63) is 24.3 Å². The highest BCUT2D eigenvalue weighted by Gasteiger charge is 2.27. The van der Waals surface area contributed by atoms with Crippen LogP contribution in [-0.2, 0) is 14.8 Å². The molecule has 1 aromatic rings. The predicted octanol–water partition coefficient (Wildman–Crippen LogP) is 1.65. The van der Waals surface area contributed by atoms with Crippen molar-refractivity contribution in [2.75, 3.05) is 42.1 Å². The standard InChI is InChI=1S/C16H23N3O3S/c20-16(13-19-11-3-4-12-23(19,21)22)17-14-5-7-15(8-6-14)18-9-1-2-10-18/h5-8H,1-4,9-13H2,(H,17,20). The first-order valence-corrected chi connectivity index (χ1v) is 9.78. The second-order valence-corrected chi connectivity index (χ2v) is 8.23. The van der Waals surface area contributed by atoms with Crippen LogP contribution in [0, 0.1) is 0 Å². The Hall–Kier alpha value is -1.60. The average molecular weight is 337 g/mol. The van der Waals surface area contributed by atoms with Gasteiger partial charge in [-0.3, -0.25) is 4.79 Å². The second kappa shape index (κ2) is 6.88. The lowest BCUT2D eigenvalue weighted by molar-refractivity contribution is -0.116. The molecule has 2 aliphatic heterocycles. The van der Waals surface area contributed by atoms with E-state index < -0.39 is 10.0 Å². The number of hydrogen-bond acceptors (Lipinski definition) is 4. The third-order valence-corrected chi connectivity index (χ3v) is 6.30. The number of carbonyl (C=O) groups is 1. The van der Waals surface area contributed by atoms with Gasteiger partial charge in [0.2, 0.25) is 15.9 Å². The first kappa shape index (κ1) is 16.3. The summed E-state index contributed by atoms with van der Waals surface area (Å²) < 4.78 is 25.1. The number of anilines is 2. The van der Waals surface area contributed by atoms with Gasteiger partial charge in [-0.05, 0) is 49.9 Å². The summed E-state index contributed by atoms with van der Waals surface area (Å²) in [5, 5.41) is 2.78. The van der Waals surface area contributed by atoms with Crippen molar-refractivity contribution in [2.24, 2.45) is 0 Å². The lowest BCUT2D eigenvalue weighted by Gasteiger charge is -2.25. The van der Waals surface area contributed by atoms with E-state index in [1.54, 1.807) is 0 Å². The summed E-state index contributed by atoms with van der Waals surface area (Å²) in [5.74, 6) is -0.144. The summed E-state index contributed by atoms with van der Waals surface area (Å²) in [4.78, 5) is 14.4. The van der Waals surface area contributed by atoms with Gasteiger partial charge in [0, 0.05) is 31.0 Å². The Bertz CT molecular complexity index is 652. The molecule has 0 unspecified atom stereocenters. The molecule has 126 valence electrons. The maximum Gasteiger partial charge on any atom is 0.239 e. The third kappa shape index (κ3) is 4.03. The van der Waals surface area contributed by atoms with E-state index in [1.807, 2.05) is 24.3 Å². The van der Waals surface area contributed by atoms with Crippen LogP contribution in [0.2, 0.25) is 0 Å². The van der Waals surface area contributed by atoms with Crippen molar-refractivity contribution in [1.82, 2.24) is 4.31 Å². The molecule has 0 atom stereocenters. The Morgan fingerprint density at radius 2 is 1.65 bits per heavy atom. The van der Waals surface area contributed by atoms with E-state index in [0.717, 1.165) is 19.5 Å². The van der Waals surface area contributed by atoms with Crippen molar-refractivity contribution in [3.63, 3.8) is 0 Å². The zero-order valence-electron chi connectivity index (χ0n) is 13.2. The van der Waals surface area contributed by atoms with Crippen LogP contribution in [-0.4, -0.2) is 50.6 Å². The maximum atomic E-state index is 12.1. The van der Waals surface area contributed by atoms with Gasteiger partial charge in [-0.2, -0.15) is 4.31 Å². The van der Waals surface area contributed by atoms with Crippen molar-refractivity contribution in [2.45, 2.75) is 25.7 Å². The predicted molar refractivity (Wildman–Crippen MR) is 91.1 cm³/mol. The molecule has 2 heterocycles. The van der Waals surface area contributed by atoms with Gasteiger partial charge >= 0.3 is 0 Å². The molecule has 3 rings (SSSR count). The molecule has 0 aliphatic carbocycles. The molecular formula is C16H23N3O3S. The highest BCUT2D eigenvalue weighted by Crippen LogP contribution is 2.22. The van der Waals surface area contributed by atoms with Crippen LogP contribution >= 0.6 is 0 Å². The van der Waals surface area contributed by atoms with Crippen LogP contribution in [0.15, 0.2) is 24.3 Å². The van der Waals surface area contributed by atoms with E-state index in [4.69, 9.17) is 0 Å². The van der Waals surface area contributed by atoms with E-state index >= 15 is 0 Å². The zero-order chi connectivity index (χ0) is 16.3. The lowest BCUT2D eigenvalue weighted by atomic mass is 10.2. The minimum atomic E-state index is -3.26. The van der Waals surface area contributed by atoms with Crippen LogP contribution in [0.25, 0.3) is 0 Å². The summed E-state index contributed by atoms with van der Waals surface area (Å²) in [6.07, 6.45) is 3.95. The van der Waals surface area contributed by atoms with E-state index in [0.29, 0.717) is 18.7 Å². The molecular weight excluding hydrogens is 314 g/mol. The number of carbonyl (C=O) groups excluding carboxylic acids is 1. The van der Waals surface area contributed by atoms with E-state index in [2.05, 4.69) is 10.2 Å². The van der Waals surface area contributed by atoms with Gasteiger partial charge in [-0.1, -0.05) is 0 Å². The Balaban J connectivity index is 1.57. The van der Waals surface area contributed by atoms with Crippen molar-refractivity contribution < 1.29 is 13.2 Å². The molecule has 0 radical (unpaired) electrons. The average Bonchev–Trinajstić information content (AvgIpc) is 3.04. The van der Waals surface area contributed by atoms with Crippen LogP contribution in [0.3, 0.4) is 0 Å². The molecule has 23 heavy (non-hydrogen) atoms. The van der Waals surface area contributed by atoms with Gasteiger partial charge in [0.1, 0.15) is 0 Å². The monoisotopic (exact) mass is 337 g/mol. The van der Waals surface area contributed by atoms with Gasteiger partial charge < -0.3 is 10.2 Å². The number of nitrogens with one attached hydrogen (secondary N) is 1. The quantitative estimate of drug-likeness (QED) is 0.907. The fourth-order valence-electron chi connectivity index (χ4n) is 3.11. The van der Waals surface area contributed by atoms with E-state index in [1.165, 1.54) is 22.8 Å². The van der Waals surface area contributed by atoms with Gasteiger partial charge in [0.15, 0.2) is 0 Å². The summed E-state index contributed by atoms with van der Waals surface area (Å²) in [6, 6.07) is 7.74. The number of sulfonamides is 1. The summed E-state index contributed by atoms with van der Waals surface area (Å²) in [7, 11) is -3.26. The number of benzene rings is 1. The molecule has 2 fully saturated rings. The fourth-order valence-corrected chi connectivity index (χ4v) is 4.66. The largest absolute Gasteiger partial charge is 0.372 e. The molecule has 1 N–H and O–H groups in total. The smallest absolute Gasteiger partial charge is 0.239 e. The summed E-state index contributed by atoms with van der Waals surface area (Å²) in [5.41, 5.74) is 1.87. The molecule has 6 nitrogen and oxygen atoms in total. The van der Waals surface area contributed by atoms with Gasteiger partial charge in [-0.15, -0.1) is 0 Å². The van der Waals surface area contributed by atoms with Crippen LogP contribution in [0.1, 0.15) is 25.7 Å². The summed E-state index contributed by atoms with van der Waals surface area (Å²) in [6.45, 7) is 2.50. The van der Waals surface area contributed by atoms with Crippen molar-refractivity contribution in [1.29, 1.82) is 0 Å². The fraction of sp³-hybridized carbons (Fsp3) is 0.562. The highest BCUT2D eigenvalue weighted by atomic mass is 32.2. The Labute approximate surface area is 137 Å². The second-order valence-electron chi connectivity index (χ2n) is 6.15. The van der Waals surface area contributed by atoms with Crippen molar-refractivity contribution in [3.8, 4) is 0 Å². The first-order chi connectivity index (χ1) is 11.0. The highest BCUT2D eigenvalue weighted by molar-refractivity contribution is 7.89. The van der Waals surface area contributed by atoms with E-state index in [-0.39, 0.29) is 18.2 Å². The summed E-state index contributed by atoms with van der Waals surface area (Å²) >= 11 is 0.